The molecule has 5 nitrogen and oxygen atoms in total. The van der Waals surface area contributed by atoms with Gasteiger partial charge in [-0.05, 0) is 74.5 Å². The van der Waals surface area contributed by atoms with Crippen LogP contribution in [0.15, 0.2) is 5.10 Å². The molecule has 6 rings (SSSR count). The number of hydrogen-bond donors (Lipinski definition) is 0. The predicted molar refractivity (Wildman–Crippen MR) is 95.6 cm³/mol. The number of amidine groups is 1. The van der Waals surface area contributed by atoms with Crippen molar-refractivity contribution in [2.75, 3.05) is 6.54 Å². The van der Waals surface area contributed by atoms with E-state index in [-0.39, 0.29) is 16.2 Å². The van der Waals surface area contributed by atoms with Crippen molar-refractivity contribution in [1.29, 1.82) is 0 Å². The molecule has 3 unspecified atom stereocenters. The van der Waals surface area contributed by atoms with Gasteiger partial charge in [0.2, 0.25) is 0 Å². The summed E-state index contributed by atoms with van der Waals surface area (Å²) >= 11 is 0. The summed E-state index contributed by atoms with van der Waals surface area (Å²) in [7, 11) is 0. The molecule has 0 amide bonds. The molecule has 5 fully saturated rings. The quantitative estimate of drug-likeness (QED) is 0.689. The molecule has 1 saturated heterocycles. The lowest BCUT2D eigenvalue weighted by molar-refractivity contribution is -0.251. The highest BCUT2D eigenvalue weighted by molar-refractivity contribution is 5.90. The second kappa shape index (κ2) is 5.57. The van der Waals surface area contributed by atoms with Crippen molar-refractivity contribution in [2.45, 2.75) is 84.0 Å². The highest BCUT2D eigenvalue weighted by Crippen LogP contribution is 2.70. The summed E-state index contributed by atoms with van der Waals surface area (Å²) in [5, 5.41) is 5.54. The molecule has 2 aliphatic heterocycles. The molecular formula is C20H28F3N3O2. The molecular weight excluding hydrogens is 371 g/mol. The van der Waals surface area contributed by atoms with Crippen LogP contribution in [-0.4, -0.2) is 40.8 Å². The van der Waals surface area contributed by atoms with Crippen LogP contribution in [0.2, 0.25) is 0 Å². The van der Waals surface area contributed by atoms with E-state index in [9.17, 15) is 18.0 Å². The number of halogens is 3. The van der Waals surface area contributed by atoms with E-state index in [0.29, 0.717) is 12.3 Å². The Morgan fingerprint density at radius 3 is 2.39 bits per heavy atom. The number of carbonyl (C=O) groups is 1. The minimum atomic E-state index is -5.01. The van der Waals surface area contributed by atoms with Gasteiger partial charge in [0.15, 0.2) is 6.17 Å². The van der Waals surface area contributed by atoms with Gasteiger partial charge in [-0.15, -0.1) is 5.10 Å². The van der Waals surface area contributed by atoms with E-state index in [0.717, 1.165) is 49.7 Å². The van der Waals surface area contributed by atoms with Crippen LogP contribution in [0.1, 0.15) is 71.6 Å². The zero-order valence-corrected chi connectivity index (χ0v) is 16.5. The molecule has 4 bridgehead atoms. The average Bonchev–Trinajstić information content (AvgIpc) is 2.90. The third-order valence-corrected chi connectivity index (χ3v) is 7.70. The van der Waals surface area contributed by atoms with E-state index in [1.54, 1.807) is 0 Å². The Bertz CT molecular complexity index is 719. The number of rotatable bonds is 2. The monoisotopic (exact) mass is 399 g/mol. The van der Waals surface area contributed by atoms with E-state index in [1.165, 1.54) is 19.3 Å². The fourth-order valence-electron chi connectivity index (χ4n) is 7.93. The molecule has 0 N–H and O–H groups in total. The van der Waals surface area contributed by atoms with Gasteiger partial charge in [-0.3, -0.25) is 0 Å². The largest absolute Gasteiger partial charge is 0.493 e. The van der Waals surface area contributed by atoms with Crippen LogP contribution in [0.25, 0.3) is 0 Å². The number of carbonyl (C=O) groups excluding carboxylic acids is 1. The predicted octanol–water partition coefficient (Wildman–Crippen LogP) is 4.44. The Morgan fingerprint density at radius 2 is 1.79 bits per heavy atom. The van der Waals surface area contributed by atoms with E-state index < -0.39 is 18.3 Å². The number of alkyl halides is 3. The molecule has 4 saturated carbocycles. The van der Waals surface area contributed by atoms with Crippen LogP contribution < -0.4 is 0 Å². The smallest absolute Gasteiger partial charge is 0.333 e. The van der Waals surface area contributed by atoms with Gasteiger partial charge in [0.1, 0.15) is 5.84 Å². The normalized spacial score (nSPS) is 44.5. The lowest BCUT2D eigenvalue weighted by atomic mass is 9.40. The topological polar surface area (TPSA) is 45.1 Å². The number of piperidine rings is 1. The molecule has 2 heterocycles. The third kappa shape index (κ3) is 2.73. The highest BCUT2D eigenvalue weighted by Gasteiger charge is 2.64. The molecule has 28 heavy (non-hydrogen) atoms. The molecule has 156 valence electrons. The number of hydrazone groups is 1. The molecule has 6 aliphatic rings. The third-order valence-electron chi connectivity index (χ3n) is 7.70. The first-order valence-corrected chi connectivity index (χ1v) is 10.5. The van der Waals surface area contributed by atoms with Gasteiger partial charge in [0, 0.05) is 12.0 Å². The summed E-state index contributed by atoms with van der Waals surface area (Å²) in [4.78, 5) is 18.4. The molecule has 0 radical (unpaired) electrons. The second-order valence-corrected chi connectivity index (χ2v) is 10.7. The van der Waals surface area contributed by atoms with Crippen LogP contribution in [-0.2, 0) is 9.63 Å². The Kier molecular flexibility index (Phi) is 3.69. The molecule has 3 atom stereocenters. The minimum absolute atomic E-state index is 0.0993. The van der Waals surface area contributed by atoms with Crippen LogP contribution >= 0.6 is 0 Å². The summed E-state index contributed by atoms with van der Waals surface area (Å²) in [5.41, 5.74) is 0.452. The SMILES string of the molecule is CC12CC3CC(C)(C1)CC(C1=NN(OC(=O)C(F)(F)F)C4CCCCN14)(C3)C2. The van der Waals surface area contributed by atoms with E-state index in [2.05, 4.69) is 23.8 Å². The molecule has 4 aliphatic carbocycles. The van der Waals surface area contributed by atoms with Crippen molar-refractivity contribution >= 4 is 11.8 Å². The first kappa shape index (κ1) is 18.6. The van der Waals surface area contributed by atoms with Crippen molar-refractivity contribution in [1.82, 2.24) is 10.1 Å². The summed E-state index contributed by atoms with van der Waals surface area (Å²) in [6.07, 6.45) is 3.98. The van der Waals surface area contributed by atoms with E-state index in [4.69, 9.17) is 4.84 Å². The number of hydroxylamine groups is 1. The first-order chi connectivity index (χ1) is 13.0. The Labute approximate surface area is 163 Å². The van der Waals surface area contributed by atoms with Crippen LogP contribution in [0.4, 0.5) is 13.2 Å². The van der Waals surface area contributed by atoms with E-state index >= 15 is 0 Å². The minimum Gasteiger partial charge on any atom is -0.333 e. The van der Waals surface area contributed by atoms with Crippen molar-refractivity contribution in [3.63, 3.8) is 0 Å². The van der Waals surface area contributed by atoms with Gasteiger partial charge < -0.3 is 9.74 Å². The van der Waals surface area contributed by atoms with Crippen molar-refractivity contribution in [3.8, 4) is 0 Å². The second-order valence-electron chi connectivity index (χ2n) is 10.7. The maximum absolute atomic E-state index is 12.8. The molecule has 0 aromatic carbocycles. The van der Waals surface area contributed by atoms with Crippen molar-refractivity contribution < 1.29 is 22.8 Å². The zero-order chi connectivity index (χ0) is 19.9. The molecule has 8 heteroatoms. The average molecular weight is 399 g/mol. The van der Waals surface area contributed by atoms with Crippen molar-refractivity contribution in [3.05, 3.63) is 0 Å². The summed E-state index contributed by atoms with van der Waals surface area (Å²) < 4.78 is 38.3. The van der Waals surface area contributed by atoms with Gasteiger partial charge in [-0.25, -0.2) is 4.79 Å². The van der Waals surface area contributed by atoms with Gasteiger partial charge >= 0.3 is 12.1 Å². The molecule has 0 aromatic heterocycles. The molecule has 0 aromatic rings. The standard InChI is InChI=1S/C20H28F3N3O2/c1-17-7-13-8-18(2,10-17)12-19(9-13,11-17)15-24-26(28-16(27)20(21,22)23)14-5-3-4-6-25(14)15/h13-14H,3-12H2,1-2H3. The maximum Gasteiger partial charge on any atom is 0.493 e. The van der Waals surface area contributed by atoms with Crippen molar-refractivity contribution in [2.24, 2.45) is 27.3 Å². The fraction of sp³-hybridized carbons (Fsp3) is 0.900. The Balaban J connectivity index is 1.50. The lowest BCUT2D eigenvalue weighted by Gasteiger charge is -2.65. The van der Waals surface area contributed by atoms with Gasteiger partial charge in [0.25, 0.3) is 0 Å². The number of fused-ring (bicyclic) bond motifs is 1. The maximum atomic E-state index is 12.8. The summed E-state index contributed by atoms with van der Waals surface area (Å²) in [6.45, 7) is 5.51. The highest BCUT2D eigenvalue weighted by atomic mass is 19.4. The molecule has 0 spiro atoms. The first-order valence-electron chi connectivity index (χ1n) is 10.5. The van der Waals surface area contributed by atoms with Crippen LogP contribution in [0.5, 0.6) is 0 Å². The summed E-state index contributed by atoms with van der Waals surface area (Å²) in [6, 6.07) is 0. The number of nitrogens with zero attached hydrogens (tertiary/aromatic N) is 3. The number of hydrogen-bond acceptors (Lipinski definition) is 5. The van der Waals surface area contributed by atoms with Crippen LogP contribution in [0, 0.1) is 22.2 Å². The Morgan fingerprint density at radius 1 is 1.11 bits per heavy atom. The van der Waals surface area contributed by atoms with Crippen LogP contribution in [0.3, 0.4) is 0 Å². The van der Waals surface area contributed by atoms with E-state index in [1.807, 2.05) is 0 Å². The van der Waals surface area contributed by atoms with Gasteiger partial charge in [-0.1, -0.05) is 19.0 Å². The van der Waals surface area contributed by atoms with Gasteiger partial charge in [0.05, 0.1) is 0 Å². The lowest BCUT2D eigenvalue weighted by Crippen LogP contribution is -2.61. The summed E-state index contributed by atoms with van der Waals surface area (Å²) in [5.74, 6) is -0.648. The van der Waals surface area contributed by atoms with Gasteiger partial charge in [-0.2, -0.15) is 13.2 Å². The zero-order valence-electron chi connectivity index (χ0n) is 16.5. The fourth-order valence-corrected chi connectivity index (χ4v) is 7.93. The Hall–Kier alpha value is -1.47.